The summed E-state index contributed by atoms with van der Waals surface area (Å²) in [5, 5.41) is 4.39. The molecule has 0 bridgehead atoms. The van der Waals surface area contributed by atoms with Gasteiger partial charge in [-0.1, -0.05) is 0 Å². The molecule has 0 fully saturated rings. The summed E-state index contributed by atoms with van der Waals surface area (Å²) in [5.41, 5.74) is 3.20. The number of imidazole rings is 1. The van der Waals surface area contributed by atoms with Crippen molar-refractivity contribution in [2.24, 2.45) is 7.05 Å². The van der Waals surface area contributed by atoms with Gasteiger partial charge >= 0.3 is 0 Å². The van der Waals surface area contributed by atoms with Crippen LogP contribution in [0.2, 0.25) is 0 Å². The SMILES string of the molecule is Cn1ccc(Cn2c(=S)[nH]c3cc(I)ccc32)n1. The number of aromatic nitrogens is 4. The number of fused-ring (bicyclic) bond motifs is 1. The second kappa shape index (κ2) is 4.51. The maximum absolute atomic E-state index is 5.37. The molecule has 0 atom stereocenters. The van der Waals surface area contributed by atoms with E-state index >= 15 is 0 Å². The van der Waals surface area contributed by atoms with Crippen molar-refractivity contribution in [3.8, 4) is 0 Å². The van der Waals surface area contributed by atoms with Gasteiger partial charge in [0.25, 0.3) is 0 Å². The third-order valence-electron chi connectivity index (χ3n) is 2.83. The second-order valence-corrected chi connectivity index (χ2v) is 5.79. The topological polar surface area (TPSA) is 38.5 Å². The zero-order valence-electron chi connectivity index (χ0n) is 9.72. The van der Waals surface area contributed by atoms with Crippen LogP contribution in [0.25, 0.3) is 11.0 Å². The number of nitrogens with one attached hydrogen (secondary N) is 1. The molecule has 0 aliphatic rings. The van der Waals surface area contributed by atoms with E-state index in [9.17, 15) is 0 Å². The molecule has 2 heterocycles. The average molecular weight is 370 g/mol. The predicted octanol–water partition coefficient (Wildman–Crippen LogP) is 3.09. The Morgan fingerprint density at radius 1 is 1.39 bits per heavy atom. The zero-order chi connectivity index (χ0) is 12.7. The summed E-state index contributed by atoms with van der Waals surface area (Å²) in [6.45, 7) is 0.695. The summed E-state index contributed by atoms with van der Waals surface area (Å²) >= 11 is 7.67. The van der Waals surface area contributed by atoms with Gasteiger partial charge in [-0.15, -0.1) is 0 Å². The van der Waals surface area contributed by atoms with Crippen LogP contribution in [0, 0.1) is 8.34 Å². The Morgan fingerprint density at radius 3 is 2.94 bits per heavy atom. The Morgan fingerprint density at radius 2 is 2.22 bits per heavy atom. The van der Waals surface area contributed by atoms with Crippen LogP contribution in [0.4, 0.5) is 0 Å². The molecule has 3 aromatic rings. The minimum atomic E-state index is 0.695. The summed E-state index contributed by atoms with van der Waals surface area (Å²) < 4.78 is 5.80. The minimum Gasteiger partial charge on any atom is -0.331 e. The number of nitrogens with zero attached hydrogens (tertiary/aromatic N) is 3. The van der Waals surface area contributed by atoms with E-state index < -0.39 is 0 Å². The van der Waals surface area contributed by atoms with Gasteiger partial charge in [0, 0.05) is 16.8 Å². The number of H-pyrrole nitrogens is 1. The summed E-state index contributed by atoms with van der Waals surface area (Å²) in [5.74, 6) is 0. The first-order valence-corrected chi connectivity index (χ1v) is 6.99. The molecule has 0 unspecified atom stereocenters. The van der Waals surface area contributed by atoms with Crippen molar-refractivity contribution in [3.63, 3.8) is 0 Å². The van der Waals surface area contributed by atoms with Gasteiger partial charge < -0.3 is 9.55 Å². The highest BCUT2D eigenvalue weighted by atomic mass is 127. The number of halogens is 1. The number of hydrogen-bond donors (Lipinski definition) is 1. The van der Waals surface area contributed by atoms with Crippen molar-refractivity contribution in [1.29, 1.82) is 0 Å². The highest BCUT2D eigenvalue weighted by molar-refractivity contribution is 14.1. The van der Waals surface area contributed by atoms with E-state index in [0.29, 0.717) is 6.54 Å². The van der Waals surface area contributed by atoms with Gasteiger partial charge in [-0.05, 0) is 59.1 Å². The Bertz CT molecular complexity index is 768. The molecule has 4 nitrogen and oxygen atoms in total. The third-order valence-corrected chi connectivity index (χ3v) is 3.82. The quantitative estimate of drug-likeness (QED) is 0.556. The van der Waals surface area contributed by atoms with Crippen LogP contribution in [-0.2, 0) is 13.6 Å². The van der Waals surface area contributed by atoms with Gasteiger partial charge in [-0.2, -0.15) is 5.10 Å². The molecule has 1 aromatic carbocycles. The second-order valence-electron chi connectivity index (χ2n) is 4.16. The Balaban J connectivity index is 2.11. The lowest BCUT2D eigenvalue weighted by molar-refractivity contribution is 0.710. The number of benzene rings is 1. The summed E-state index contributed by atoms with van der Waals surface area (Å²) in [4.78, 5) is 3.23. The highest BCUT2D eigenvalue weighted by Gasteiger charge is 2.06. The standard InChI is InChI=1S/C12H11IN4S/c1-16-5-4-9(15-16)7-17-11-3-2-8(13)6-10(11)14-12(17)18/h2-6H,7H2,1H3,(H,14,18). The molecule has 1 N–H and O–H groups in total. The van der Waals surface area contributed by atoms with E-state index in [0.717, 1.165) is 21.5 Å². The minimum absolute atomic E-state index is 0.695. The van der Waals surface area contributed by atoms with Crippen molar-refractivity contribution in [2.75, 3.05) is 0 Å². The fraction of sp³-hybridized carbons (Fsp3) is 0.167. The van der Waals surface area contributed by atoms with E-state index in [1.165, 1.54) is 3.57 Å². The number of aromatic amines is 1. The molecule has 18 heavy (non-hydrogen) atoms. The van der Waals surface area contributed by atoms with Gasteiger partial charge in [-0.25, -0.2) is 0 Å². The Labute approximate surface area is 123 Å². The van der Waals surface area contributed by atoms with Crippen LogP contribution in [0.15, 0.2) is 30.5 Å². The normalized spacial score (nSPS) is 11.2. The van der Waals surface area contributed by atoms with Gasteiger partial charge in [0.05, 0.1) is 23.3 Å². The van der Waals surface area contributed by atoms with Crippen molar-refractivity contribution >= 4 is 45.8 Å². The van der Waals surface area contributed by atoms with Gasteiger partial charge in [0.1, 0.15) is 0 Å². The fourth-order valence-electron chi connectivity index (χ4n) is 2.00. The van der Waals surface area contributed by atoms with Gasteiger partial charge in [0.15, 0.2) is 4.77 Å². The number of rotatable bonds is 2. The van der Waals surface area contributed by atoms with Gasteiger partial charge in [0.2, 0.25) is 0 Å². The molecule has 0 aliphatic heterocycles. The van der Waals surface area contributed by atoms with Crippen LogP contribution in [0.1, 0.15) is 5.69 Å². The smallest absolute Gasteiger partial charge is 0.178 e. The molecular weight excluding hydrogens is 359 g/mol. The first-order chi connectivity index (χ1) is 8.63. The van der Waals surface area contributed by atoms with Crippen molar-refractivity contribution in [3.05, 3.63) is 44.5 Å². The Hall–Kier alpha value is -1.15. The molecular formula is C12H11IN4S. The molecule has 0 amide bonds. The molecule has 0 spiro atoms. The van der Waals surface area contributed by atoms with Crippen molar-refractivity contribution in [2.45, 2.75) is 6.54 Å². The van der Waals surface area contributed by atoms with E-state index in [1.807, 2.05) is 19.3 Å². The lowest BCUT2D eigenvalue weighted by Gasteiger charge is -2.01. The summed E-state index contributed by atoms with van der Waals surface area (Å²) in [6, 6.07) is 8.28. The monoisotopic (exact) mass is 370 g/mol. The number of hydrogen-bond acceptors (Lipinski definition) is 2. The van der Waals surface area contributed by atoms with E-state index in [2.05, 4.69) is 55.4 Å². The molecule has 92 valence electrons. The van der Waals surface area contributed by atoms with E-state index in [-0.39, 0.29) is 0 Å². The largest absolute Gasteiger partial charge is 0.331 e. The summed E-state index contributed by atoms with van der Waals surface area (Å²) in [7, 11) is 1.92. The van der Waals surface area contributed by atoms with Crippen LogP contribution in [-0.4, -0.2) is 19.3 Å². The van der Waals surface area contributed by atoms with Crippen LogP contribution >= 0.6 is 34.8 Å². The third kappa shape index (κ3) is 2.10. The number of aryl methyl sites for hydroxylation is 1. The first-order valence-electron chi connectivity index (χ1n) is 5.50. The molecule has 0 radical (unpaired) electrons. The zero-order valence-corrected chi connectivity index (χ0v) is 12.7. The van der Waals surface area contributed by atoms with Crippen LogP contribution in [0.5, 0.6) is 0 Å². The molecule has 0 saturated carbocycles. The van der Waals surface area contributed by atoms with Crippen LogP contribution in [0.3, 0.4) is 0 Å². The lowest BCUT2D eigenvalue weighted by atomic mass is 10.3. The molecule has 0 aliphatic carbocycles. The molecule has 3 rings (SSSR count). The summed E-state index contributed by atoms with van der Waals surface area (Å²) in [6.07, 6.45) is 1.94. The van der Waals surface area contributed by atoms with Gasteiger partial charge in [-0.3, -0.25) is 4.68 Å². The average Bonchev–Trinajstić information content (AvgIpc) is 2.84. The van der Waals surface area contributed by atoms with Crippen molar-refractivity contribution in [1.82, 2.24) is 19.3 Å². The maximum Gasteiger partial charge on any atom is 0.178 e. The maximum atomic E-state index is 5.37. The van der Waals surface area contributed by atoms with Crippen LogP contribution < -0.4 is 0 Å². The fourth-order valence-corrected chi connectivity index (χ4v) is 2.77. The molecule has 0 saturated heterocycles. The lowest BCUT2D eigenvalue weighted by Crippen LogP contribution is -2.01. The van der Waals surface area contributed by atoms with E-state index in [4.69, 9.17) is 12.2 Å². The molecule has 2 aromatic heterocycles. The van der Waals surface area contributed by atoms with Crippen molar-refractivity contribution < 1.29 is 0 Å². The molecule has 6 heteroatoms. The van der Waals surface area contributed by atoms with E-state index in [1.54, 1.807) is 4.68 Å². The Kier molecular flexibility index (Phi) is 2.98. The predicted molar refractivity (Wildman–Crippen MR) is 82.1 cm³/mol. The first kappa shape index (κ1) is 11.9. The highest BCUT2D eigenvalue weighted by Crippen LogP contribution is 2.18.